The van der Waals surface area contributed by atoms with Crippen molar-refractivity contribution in [2.75, 3.05) is 13.1 Å². The van der Waals surface area contributed by atoms with Crippen molar-refractivity contribution in [1.82, 2.24) is 20.2 Å². The molecule has 1 aliphatic heterocycles. The van der Waals surface area contributed by atoms with Crippen LogP contribution in [0.3, 0.4) is 0 Å². The van der Waals surface area contributed by atoms with Crippen molar-refractivity contribution >= 4 is 17.2 Å². The molecule has 1 atom stereocenters. The van der Waals surface area contributed by atoms with Gasteiger partial charge in [-0.25, -0.2) is 9.97 Å². The van der Waals surface area contributed by atoms with Crippen LogP contribution in [0.4, 0.5) is 0 Å². The maximum Gasteiger partial charge on any atom is 0.237 e. The number of rotatable bonds is 5. The largest absolute Gasteiger partial charge is 0.354 e. The highest BCUT2D eigenvalue weighted by atomic mass is 32.1. The molecule has 1 amide bonds. The normalized spacial score (nSPS) is 15.9. The van der Waals surface area contributed by atoms with Crippen LogP contribution in [0.5, 0.6) is 0 Å². The van der Waals surface area contributed by atoms with Crippen LogP contribution in [0.2, 0.25) is 0 Å². The van der Waals surface area contributed by atoms with E-state index in [0.717, 1.165) is 37.4 Å². The summed E-state index contributed by atoms with van der Waals surface area (Å²) in [6.07, 6.45) is 3.72. The number of aryl methyl sites for hydroxylation is 1. The average Bonchev–Trinajstić information content (AvgIpc) is 3.06. The average molecular weight is 330 g/mol. The van der Waals surface area contributed by atoms with Gasteiger partial charge in [0.25, 0.3) is 0 Å². The van der Waals surface area contributed by atoms with Gasteiger partial charge in [0.1, 0.15) is 5.82 Å². The maximum absolute atomic E-state index is 12.4. The predicted molar refractivity (Wildman–Crippen MR) is 91.4 cm³/mol. The number of fused-ring (bicyclic) bond motifs is 1. The molecular weight excluding hydrogens is 308 g/mol. The molecule has 2 aromatic heterocycles. The number of carbonyl (C=O) groups excluding carboxylic acids is 1. The number of hydrogen-bond donors (Lipinski definition) is 1. The Hall–Kier alpha value is -1.79. The molecule has 23 heavy (non-hydrogen) atoms. The molecule has 3 rings (SSSR count). The SMILES string of the molecule is Cc1ncc2c(n1)CN(C(C)C(=O)NCCc1cccs1)CC2. The van der Waals surface area contributed by atoms with E-state index in [1.807, 2.05) is 26.1 Å². The Balaban J connectivity index is 1.53. The molecule has 0 spiro atoms. The Bertz CT molecular complexity index is 671. The molecule has 0 aliphatic carbocycles. The molecule has 3 heterocycles. The van der Waals surface area contributed by atoms with Crippen molar-refractivity contribution in [2.45, 2.75) is 39.3 Å². The molecule has 0 bridgehead atoms. The van der Waals surface area contributed by atoms with E-state index in [4.69, 9.17) is 0 Å². The zero-order valence-electron chi connectivity index (χ0n) is 13.6. The zero-order valence-corrected chi connectivity index (χ0v) is 14.4. The highest BCUT2D eigenvalue weighted by molar-refractivity contribution is 7.09. The summed E-state index contributed by atoms with van der Waals surface area (Å²) in [5.74, 6) is 0.884. The lowest BCUT2D eigenvalue weighted by Crippen LogP contribution is -2.47. The summed E-state index contributed by atoms with van der Waals surface area (Å²) in [6, 6.07) is 4.00. The first-order valence-corrected chi connectivity index (χ1v) is 8.87. The fourth-order valence-corrected chi connectivity index (χ4v) is 3.54. The molecular formula is C17H22N4OS. The molecule has 0 fully saturated rings. The summed E-state index contributed by atoms with van der Waals surface area (Å²) in [6.45, 7) is 6.16. The highest BCUT2D eigenvalue weighted by Crippen LogP contribution is 2.18. The quantitative estimate of drug-likeness (QED) is 0.910. The van der Waals surface area contributed by atoms with Gasteiger partial charge in [-0.05, 0) is 43.7 Å². The van der Waals surface area contributed by atoms with Crippen LogP contribution in [0, 0.1) is 6.92 Å². The van der Waals surface area contributed by atoms with Gasteiger partial charge in [0.05, 0.1) is 11.7 Å². The van der Waals surface area contributed by atoms with Gasteiger partial charge in [-0.1, -0.05) is 6.07 Å². The molecule has 1 aliphatic rings. The van der Waals surface area contributed by atoms with Crippen molar-refractivity contribution in [3.05, 3.63) is 45.7 Å². The lowest BCUT2D eigenvalue weighted by atomic mass is 10.0. The van der Waals surface area contributed by atoms with Gasteiger partial charge < -0.3 is 5.32 Å². The summed E-state index contributed by atoms with van der Waals surface area (Å²) < 4.78 is 0. The van der Waals surface area contributed by atoms with Crippen molar-refractivity contribution in [2.24, 2.45) is 0 Å². The van der Waals surface area contributed by atoms with Gasteiger partial charge in [-0.15, -0.1) is 11.3 Å². The zero-order chi connectivity index (χ0) is 16.2. The Morgan fingerprint density at radius 2 is 2.39 bits per heavy atom. The molecule has 0 radical (unpaired) electrons. The molecule has 0 saturated heterocycles. The third-order valence-corrected chi connectivity index (χ3v) is 5.21. The number of hydrogen-bond acceptors (Lipinski definition) is 5. The summed E-state index contributed by atoms with van der Waals surface area (Å²) in [7, 11) is 0. The van der Waals surface area contributed by atoms with E-state index >= 15 is 0 Å². The molecule has 5 nitrogen and oxygen atoms in total. The van der Waals surface area contributed by atoms with Gasteiger partial charge in [-0.3, -0.25) is 9.69 Å². The molecule has 122 valence electrons. The third kappa shape index (κ3) is 3.95. The van der Waals surface area contributed by atoms with Crippen molar-refractivity contribution < 1.29 is 4.79 Å². The van der Waals surface area contributed by atoms with Crippen LogP contribution < -0.4 is 5.32 Å². The molecule has 0 aromatic carbocycles. The van der Waals surface area contributed by atoms with Gasteiger partial charge in [0.15, 0.2) is 0 Å². The Kier molecular flexibility index (Phi) is 5.03. The second-order valence-corrected chi connectivity index (χ2v) is 6.94. The van der Waals surface area contributed by atoms with Crippen LogP contribution in [-0.4, -0.2) is 39.9 Å². The number of carbonyl (C=O) groups is 1. The standard InChI is InChI=1S/C17H22N4OS/c1-12(17(22)18-7-5-15-4-3-9-23-15)21-8-6-14-10-19-13(2)20-16(14)11-21/h3-4,9-10,12H,5-8,11H2,1-2H3,(H,18,22). The lowest BCUT2D eigenvalue weighted by Gasteiger charge is -2.32. The molecule has 1 N–H and O–H groups in total. The van der Waals surface area contributed by atoms with Gasteiger partial charge in [0, 0.05) is 30.7 Å². The minimum atomic E-state index is -0.137. The highest BCUT2D eigenvalue weighted by Gasteiger charge is 2.26. The van der Waals surface area contributed by atoms with Crippen LogP contribution >= 0.6 is 11.3 Å². The Labute approximate surface area is 140 Å². The fraction of sp³-hybridized carbons (Fsp3) is 0.471. The summed E-state index contributed by atoms with van der Waals surface area (Å²) in [5.41, 5.74) is 2.26. The van der Waals surface area contributed by atoms with Crippen LogP contribution in [0.1, 0.15) is 28.9 Å². The van der Waals surface area contributed by atoms with Crippen LogP contribution in [0.15, 0.2) is 23.7 Å². The predicted octanol–water partition coefficient (Wildman–Crippen LogP) is 1.95. The molecule has 1 unspecified atom stereocenters. The van der Waals surface area contributed by atoms with Crippen LogP contribution in [0.25, 0.3) is 0 Å². The first kappa shape index (κ1) is 16.1. The first-order valence-electron chi connectivity index (χ1n) is 7.99. The van der Waals surface area contributed by atoms with E-state index < -0.39 is 0 Å². The summed E-state index contributed by atoms with van der Waals surface area (Å²) in [4.78, 5) is 24.6. The second-order valence-electron chi connectivity index (χ2n) is 5.91. The molecule has 2 aromatic rings. The first-order chi connectivity index (χ1) is 11.1. The maximum atomic E-state index is 12.4. The van der Waals surface area contributed by atoms with E-state index in [9.17, 15) is 4.79 Å². The van der Waals surface area contributed by atoms with E-state index in [1.165, 1.54) is 10.4 Å². The minimum Gasteiger partial charge on any atom is -0.354 e. The van der Waals surface area contributed by atoms with E-state index in [2.05, 4.69) is 31.6 Å². The monoisotopic (exact) mass is 330 g/mol. The number of thiophene rings is 1. The number of nitrogens with zero attached hydrogens (tertiary/aromatic N) is 3. The van der Waals surface area contributed by atoms with Crippen LogP contribution in [-0.2, 0) is 24.2 Å². The summed E-state index contributed by atoms with van der Waals surface area (Å²) in [5, 5.41) is 5.11. The smallest absolute Gasteiger partial charge is 0.237 e. The van der Waals surface area contributed by atoms with Gasteiger partial charge >= 0.3 is 0 Å². The number of amides is 1. The third-order valence-electron chi connectivity index (χ3n) is 4.27. The number of nitrogens with one attached hydrogen (secondary N) is 1. The van der Waals surface area contributed by atoms with E-state index in [1.54, 1.807) is 11.3 Å². The van der Waals surface area contributed by atoms with Gasteiger partial charge in [0.2, 0.25) is 5.91 Å². The fourth-order valence-electron chi connectivity index (χ4n) is 2.83. The Morgan fingerprint density at radius 3 is 3.17 bits per heavy atom. The van der Waals surface area contributed by atoms with Gasteiger partial charge in [-0.2, -0.15) is 0 Å². The van der Waals surface area contributed by atoms with E-state index in [0.29, 0.717) is 6.54 Å². The van der Waals surface area contributed by atoms with Crippen molar-refractivity contribution in [3.8, 4) is 0 Å². The molecule has 0 saturated carbocycles. The lowest BCUT2D eigenvalue weighted by molar-refractivity contribution is -0.126. The van der Waals surface area contributed by atoms with Crippen molar-refractivity contribution in [3.63, 3.8) is 0 Å². The topological polar surface area (TPSA) is 58.1 Å². The second kappa shape index (κ2) is 7.19. The summed E-state index contributed by atoms with van der Waals surface area (Å²) >= 11 is 1.73. The Morgan fingerprint density at radius 1 is 1.52 bits per heavy atom. The minimum absolute atomic E-state index is 0.0933. The number of aromatic nitrogens is 2. The van der Waals surface area contributed by atoms with Crippen molar-refractivity contribution in [1.29, 1.82) is 0 Å². The molecule has 6 heteroatoms. The van der Waals surface area contributed by atoms with E-state index in [-0.39, 0.29) is 11.9 Å².